The molecule has 0 nitrogen and oxygen atoms in total. The molecular formula is C9H14. The molecule has 0 N–H and O–H groups in total. The molecule has 0 saturated carbocycles. The molecule has 0 atom stereocenters. The van der Waals surface area contributed by atoms with Crippen LogP contribution in [0.4, 0.5) is 0 Å². The minimum absolute atomic E-state index is 0.142. The Kier molecular flexibility index (Phi) is 3.09. The molecule has 0 aliphatic heterocycles. The first-order chi connectivity index (χ1) is 4.06. The highest BCUT2D eigenvalue weighted by molar-refractivity contribution is 5.09. The molecule has 0 aliphatic carbocycles. The topological polar surface area (TPSA) is 0 Å². The summed E-state index contributed by atoms with van der Waals surface area (Å²) < 4.78 is 0. The summed E-state index contributed by atoms with van der Waals surface area (Å²) in [5, 5.41) is 0. The van der Waals surface area contributed by atoms with Crippen molar-refractivity contribution in [3.63, 3.8) is 0 Å². The van der Waals surface area contributed by atoms with Gasteiger partial charge in [-0.15, -0.1) is 6.58 Å². The predicted octanol–water partition coefficient (Wildman–Crippen LogP) is 2.61. The highest BCUT2D eigenvalue weighted by atomic mass is 14.0. The summed E-state index contributed by atoms with van der Waals surface area (Å²) in [4.78, 5) is 0. The first-order valence-electron chi connectivity index (χ1n) is 3.17. The van der Waals surface area contributed by atoms with E-state index in [0.717, 1.165) is 6.42 Å². The molecule has 0 spiro atoms. The molecule has 0 heteroatoms. The molecule has 0 aromatic rings. The predicted molar refractivity (Wildman–Crippen MR) is 42.0 cm³/mol. The second kappa shape index (κ2) is 3.35. The molecule has 0 bridgehead atoms. The van der Waals surface area contributed by atoms with Gasteiger partial charge < -0.3 is 0 Å². The van der Waals surface area contributed by atoms with Gasteiger partial charge in [-0.05, 0) is 20.8 Å². The van der Waals surface area contributed by atoms with Gasteiger partial charge in [0, 0.05) is 11.8 Å². The molecule has 50 valence electrons. The van der Waals surface area contributed by atoms with Crippen LogP contribution >= 0.6 is 0 Å². The highest BCUT2D eigenvalue weighted by Gasteiger charge is 2.01. The van der Waals surface area contributed by atoms with E-state index in [-0.39, 0.29) is 5.41 Å². The van der Waals surface area contributed by atoms with Crippen LogP contribution in [0.2, 0.25) is 0 Å². The van der Waals surface area contributed by atoms with E-state index in [1.165, 1.54) is 0 Å². The van der Waals surface area contributed by atoms with Gasteiger partial charge >= 0.3 is 0 Å². The molecule has 0 fully saturated rings. The second-order valence-electron chi connectivity index (χ2n) is 3.04. The van der Waals surface area contributed by atoms with Gasteiger partial charge in [0.2, 0.25) is 0 Å². The van der Waals surface area contributed by atoms with Crippen molar-refractivity contribution in [2.45, 2.75) is 27.2 Å². The van der Waals surface area contributed by atoms with E-state index in [1.54, 1.807) is 0 Å². The maximum atomic E-state index is 3.58. The molecular weight excluding hydrogens is 108 g/mol. The van der Waals surface area contributed by atoms with Gasteiger partial charge in [0.1, 0.15) is 0 Å². The zero-order chi connectivity index (χ0) is 7.33. The molecule has 0 rings (SSSR count). The lowest BCUT2D eigenvalue weighted by molar-refractivity contribution is 0.570. The van der Waals surface area contributed by atoms with E-state index >= 15 is 0 Å². The molecule has 0 aromatic carbocycles. The van der Waals surface area contributed by atoms with E-state index in [0.29, 0.717) is 0 Å². The van der Waals surface area contributed by atoms with E-state index < -0.39 is 0 Å². The standard InChI is InChI=1S/C9H14/c1-5-6-7-8-9(2,3)4/h5H,1,6H2,2-4H3. The third kappa shape index (κ3) is 7.30. The van der Waals surface area contributed by atoms with Gasteiger partial charge in [0.15, 0.2) is 0 Å². The maximum Gasteiger partial charge on any atom is 0.0267 e. The van der Waals surface area contributed by atoms with Crippen molar-refractivity contribution >= 4 is 0 Å². The van der Waals surface area contributed by atoms with E-state index in [4.69, 9.17) is 0 Å². The maximum absolute atomic E-state index is 3.58. The Balaban J connectivity index is 3.72. The Labute approximate surface area is 58.0 Å². The average Bonchev–Trinajstić information content (AvgIpc) is 1.63. The fourth-order valence-electron chi connectivity index (χ4n) is 0.388. The van der Waals surface area contributed by atoms with Crippen LogP contribution in [0.25, 0.3) is 0 Å². The summed E-state index contributed by atoms with van der Waals surface area (Å²) in [6, 6.07) is 0. The fraction of sp³-hybridized carbons (Fsp3) is 0.556. The summed E-state index contributed by atoms with van der Waals surface area (Å²) in [7, 11) is 0. The van der Waals surface area contributed by atoms with E-state index in [9.17, 15) is 0 Å². The van der Waals surface area contributed by atoms with Gasteiger partial charge in [-0.1, -0.05) is 17.9 Å². The Morgan fingerprint density at radius 3 is 2.33 bits per heavy atom. The summed E-state index contributed by atoms with van der Waals surface area (Å²) >= 11 is 0. The summed E-state index contributed by atoms with van der Waals surface area (Å²) in [6.07, 6.45) is 2.62. The number of hydrogen-bond donors (Lipinski definition) is 0. The van der Waals surface area contributed by atoms with Crippen LogP contribution in [0.3, 0.4) is 0 Å². The molecule has 9 heavy (non-hydrogen) atoms. The van der Waals surface area contributed by atoms with Crippen molar-refractivity contribution < 1.29 is 0 Å². The van der Waals surface area contributed by atoms with Crippen molar-refractivity contribution in [1.82, 2.24) is 0 Å². The van der Waals surface area contributed by atoms with Crippen LogP contribution in [0.15, 0.2) is 12.7 Å². The molecule has 0 saturated heterocycles. The Morgan fingerprint density at radius 1 is 1.44 bits per heavy atom. The Hall–Kier alpha value is -0.700. The summed E-state index contributed by atoms with van der Waals surface area (Å²) in [6.45, 7) is 9.88. The van der Waals surface area contributed by atoms with Gasteiger partial charge in [0.05, 0.1) is 0 Å². The number of rotatable bonds is 1. The smallest absolute Gasteiger partial charge is 0.0267 e. The van der Waals surface area contributed by atoms with Gasteiger partial charge in [-0.2, -0.15) is 0 Å². The summed E-state index contributed by atoms with van der Waals surface area (Å²) in [5.41, 5.74) is 0.142. The van der Waals surface area contributed by atoms with Crippen molar-refractivity contribution in [3.8, 4) is 11.8 Å². The lowest BCUT2D eigenvalue weighted by atomic mass is 9.98. The quantitative estimate of drug-likeness (QED) is 0.370. The zero-order valence-electron chi connectivity index (χ0n) is 6.49. The van der Waals surface area contributed by atoms with Crippen LogP contribution in [0.5, 0.6) is 0 Å². The third-order valence-electron chi connectivity index (χ3n) is 0.710. The van der Waals surface area contributed by atoms with Gasteiger partial charge in [0.25, 0.3) is 0 Å². The zero-order valence-corrected chi connectivity index (χ0v) is 6.49. The average molecular weight is 122 g/mol. The molecule has 0 aliphatic rings. The molecule has 0 aromatic heterocycles. The van der Waals surface area contributed by atoms with Crippen LogP contribution in [-0.4, -0.2) is 0 Å². The molecule has 0 unspecified atom stereocenters. The molecule has 0 radical (unpaired) electrons. The normalized spacial score (nSPS) is 9.67. The van der Waals surface area contributed by atoms with E-state index in [1.807, 2.05) is 6.08 Å². The van der Waals surface area contributed by atoms with Crippen molar-refractivity contribution in [1.29, 1.82) is 0 Å². The molecule has 0 heterocycles. The second-order valence-corrected chi connectivity index (χ2v) is 3.04. The first-order valence-corrected chi connectivity index (χ1v) is 3.17. The van der Waals surface area contributed by atoms with Crippen molar-refractivity contribution in [3.05, 3.63) is 12.7 Å². The van der Waals surface area contributed by atoms with Crippen LogP contribution in [0, 0.1) is 17.3 Å². The first kappa shape index (κ1) is 8.30. The molecule has 0 amide bonds. The van der Waals surface area contributed by atoms with Crippen molar-refractivity contribution in [2.75, 3.05) is 0 Å². The Morgan fingerprint density at radius 2 is 2.00 bits per heavy atom. The highest BCUT2D eigenvalue weighted by Crippen LogP contribution is 2.09. The lowest BCUT2D eigenvalue weighted by Gasteiger charge is -2.06. The van der Waals surface area contributed by atoms with Gasteiger partial charge in [-0.25, -0.2) is 0 Å². The lowest BCUT2D eigenvalue weighted by Crippen LogP contribution is -1.98. The fourth-order valence-corrected chi connectivity index (χ4v) is 0.388. The van der Waals surface area contributed by atoms with Crippen molar-refractivity contribution in [2.24, 2.45) is 5.41 Å². The SMILES string of the molecule is C=CCC#CC(C)(C)C. The van der Waals surface area contributed by atoms with Crippen LogP contribution < -0.4 is 0 Å². The minimum atomic E-state index is 0.142. The minimum Gasteiger partial charge on any atom is -0.102 e. The largest absolute Gasteiger partial charge is 0.102 e. The van der Waals surface area contributed by atoms with Gasteiger partial charge in [-0.3, -0.25) is 0 Å². The number of allylic oxidation sites excluding steroid dienone is 1. The van der Waals surface area contributed by atoms with Crippen LogP contribution in [0.1, 0.15) is 27.2 Å². The summed E-state index contributed by atoms with van der Waals surface area (Å²) in [5.74, 6) is 6.11. The van der Waals surface area contributed by atoms with Crippen LogP contribution in [-0.2, 0) is 0 Å². The number of hydrogen-bond acceptors (Lipinski definition) is 0. The monoisotopic (exact) mass is 122 g/mol. The Bertz CT molecular complexity index is 136. The third-order valence-corrected chi connectivity index (χ3v) is 0.710. The van der Waals surface area contributed by atoms with E-state index in [2.05, 4.69) is 39.2 Å².